The normalized spacial score (nSPS) is 12.0. The smallest absolute Gasteiger partial charge is 0.124 e. The van der Waals surface area contributed by atoms with Gasteiger partial charge in [0.15, 0.2) is 0 Å². The Morgan fingerprint density at radius 3 is 2.26 bits per heavy atom. The number of rotatable bonds is 8. The van der Waals surface area contributed by atoms with Crippen LogP contribution in [0.3, 0.4) is 0 Å². The second kappa shape index (κ2) is 11.9. The summed E-state index contributed by atoms with van der Waals surface area (Å²) in [7, 11) is 0. The molecule has 0 saturated carbocycles. The lowest BCUT2D eigenvalue weighted by Gasteiger charge is -2.36. The summed E-state index contributed by atoms with van der Waals surface area (Å²) in [4.78, 5) is 11.9. The second-order valence-corrected chi connectivity index (χ2v) is 11.8. The SMILES string of the molecule is CSN1Cc2ccc(-c3cccc(OCc4ccccc4)c3)cc2-c2c(C)c(-c3ccc(C)cc3)c(CC=O)c(C)c21. The van der Waals surface area contributed by atoms with Crippen molar-refractivity contribution < 1.29 is 9.53 Å². The number of carbonyl (C=O) groups excluding carboxylic acids is 1. The van der Waals surface area contributed by atoms with Gasteiger partial charge in [-0.15, -0.1) is 0 Å². The Morgan fingerprint density at radius 1 is 0.786 bits per heavy atom. The van der Waals surface area contributed by atoms with Crippen molar-refractivity contribution in [1.82, 2.24) is 0 Å². The molecule has 0 unspecified atom stereocenters. The molecule has 0 spiro atoms. The largest absolute Gasteiger partial charge is 0.489 e. The molecule has 5 aromatic carbocycles. The summed E-state index contributed by atoms with van der Waals surface area (Å²) in [5, 5.41) is 0. The lowest BCUT2D eigenvalue weighted by molar-refractivity contribution is -0.107. The molecule has 0 saturated heterocycles. The van der Waals surface area contributed by atoms with Crippen molar-refractivity contribution in [3.05, 3.63) is 130 Å². The van der Waals surface area contributed by atoms with Crippen LogP contribution in [-0.4, -0.2) is 12.5 Å². The Morgan fingerprint density at radius 2 is 1.52 bits per heavy atom. The number of hydrogen-bond acceptors (Lipinski definition) is 4. The van der Waals surface area contributed by atoms with Crippen LogP contribution >= 0.6 is 11.9 Å². The first-order valence-electron chi connectivity index (χ1n) is 14.4. The van der Waals surface area contributed by atoms with Crippen LogP contribution in [0.1, 0.15) is 33.4 Å². The van der Waals surface area contributed by atoms with E-state index in [-0.39, 0.29) is 0 Å². The summed E-state index contributed by atoms with van der Waals surface area (Å²) in [6.07, 6.45) is 3.57. The van der Waals surface area contributed by atoms with Crippen LogP contribution in [0.5, 0.6) is 5.75 Å². The van der Waals surface area contributed by atoms with E-state index in [4.69, 9.17) is 4.74 Å². The fraction of sp³-hybridized carbons (Fsp3) is 0.184. The van der Waals surface area contributed by atoms with Gasteiger partial charge in [-0.05, 0) is 94.6 Å². The first kappa shape index (κ1) is 27.9. The number of ether oxygens (including phenoxy) is 1. The van der Waals surface area contributed by atoms with E-state index >= 15 is 0 Å². The van der Waals surface area contributed by atoms with Gasteiger partial charge < -0.3 is 13.8 Å². The van der Waals surface area contributed by atoms with E-state index < -0.39 is 0 Å². The van der Waals surface area contributed by atoms with E-state index in [0.717, 1.165) is 46.4 Å². The van der Waals surface area contributed by atoms with Gasteiger partial charge in [0.2, 0.25) is 0 Å². The first-order valence-corrected chi connectivity index (χ1v) is 15.6. The fourth-order valence-corrected chi connectivity index (χ4v) is 6.84. The highest BCUT2D eigenvalue weighted by molar-refractivity contribution is 7.99. The third-order valence-corrected chi connectivity index (χ3v) is 9.06. The number of anilines is 1. The molecule has 0 fully saturated rings. The molecule has 0 radical (unpaired) electrons. The van der Waals surface area contributed by atoms with Crippen LogP contribution in [0.15, 0.2) is 97.1 Å². The molecule has 6 rings (SSSR count). The van der Waals surface area contributed by atoms with Gasteiger partial charge in [-0.25, -0.2) is 0 Å². The minimum atomic E-state index is 0.397. The van der Waals surface area contributed by atoms with E-state index in [2.05, 4.69) is 104 Å². The minimum absolute atomic E-state index is 0.397. The van der Waals surface area contributed by atoms with Gasteiger partial charge in [0.05, 0.1) is 12.2 Å². The molecule has 1 heterocycles. The molecule has 0 atom stereocenters. The van der Waals surface area contributed by atoms with Crippen LogP contribution in [0, 0.1) is 20.8 Å². The van der Waals surface area contributed by atoms with E-state index in [1.54, 1.807) is 11.9 Å². The van der Waals surface area contributed by atoms with Gasteiger partial charge >= 0.3 is 0 Å². The van der Waals surface area contributed by atoms with Crippen molar-refractivity contribution in [2.75, 3.05) is 10.6 Å². The Labute approximate surface area is 253 Å². The number of fused-ring (bicyclic) bond motifs is 3. The molecule has 42 heavy (non-hydrogen) atoms. The molecular weight excluding hydrogens is 534 g/mol. The number of aldehydes is 1. The van der Waals surface area contributed by atoms with Gasteiger partial charge in [-0.2, -0.15) is 0 Å². The van der Waals surface area contributed by atoms with Crippen molar-refractivity contribution in [2.45, 2.75) is 40.3 Å². The quantitative estimate of drug-likeness (QED) is 0.137. The molecule has 0 aliphatic carbocycles. The zero-order valence-electron chi connectivity index (χ0n) is 24.6. The second-order valence-electron chi connectivity index (χ2n) is 11.0. The predicted octanol–water partition coefficient (Wildman–Crippen LogP) is 9.53. The van der Waals surface area contributed by atoms with E-state index in [1.165, 1.54) is 44.6 Å². The standard InChI is InChI=1S/C38H35NO2S/c1-25-13-15-29(16-14-25)36-27(3)37-35-22-31(30-11-8-12-33(21-30)41-24-28-9-6-5-7-10-28)17-18-32(35)23-39(42-4)38(37)26(2)34(36)19-20-40/h5-18,20-22H,19,23-24H2,1-4H3. The first-order chi connectivity index (χ1) is 20.5. The minimum Gasteiger partial charge on any atom is -0.489 e. The van der Waals surface area contributed by atoms with Gasteiger partial charge in [-0.1, -0.05) is 96.4 Å². The van der Waals surface area contributed by atoms with Gasteiger partial charge in [0.1, 0.15) is 18.6 Å². The lowest BCUT2D eigenvalue weighted by atomic mass is 9.80. The zero-order chi connectivity index (χ0) is 29.2. The Kier molecular flexibility index (Phi) is 7.90. The Hall–Kier alpha value is -4.28. The molecule has 5 aromatic rings. The van der Waals surface area contributed by atoms with E-state index in [1.807, 2.05) is 24.3 Å². The molecule has 3 nitrogen and oxygen atoms in total. The third-order valence-electron chi connectivity index (χ3n) is 8.30. The fourth-order valence-electron chi connectivity index (χ4n) is 6.16. The topological polar surface area (TPSA) is 29.5 Å². The molecule has 0 aromatic heterocycles. The molecule has 0 N–H and O–H groups in total. The van der Waals surface area contributed by atoms with Crippen molar-refractivity contribution >= 4 is 23.9 Å². The molecule has 4 heteroatoms. The summed E-state index contributed by atoms with van der Waals surface area (Å²) in [6, 6.07) is 34.1. The highest BCUT2D eigenvalue weighted by Gasteiger charge is 2.30. The number of benzene rings is 5. The maximum atomic E-state index is 11.9. The van der Waals surface area contributed by atoms with Crippen LogP contribution in [0.2, 0.25) is 0 Å². The molecular formula is C38H35NO2S. The zero-order valence-corrected chi connectivity index (χ0v) is 25.4. The van der Waals surface area contributed by atoms with Crippen molar-refractivity contribution in [3.63, 3.8) is 0 Å². The van der Waals surface area contributed by atoms with Crippen LogP contribution in [-0.2, 0) is 24.4 Å². The molecule has 210 valence electrons. The molecule has 1 aliphatic rings. The highest BCUT2D eigenvalue weighted by Crippen LogP contribution is 2.50. The van der Waals surface area contributed by atoms with Gasteiger partial charge in [0.25, 0.3) is 0 Å². The van der Waals surface area contributed by atoms with Crippen molar-refractivity contribution in [2.24, 2.45) is 0 Å². The summed E-state index contributed by atoms with van der Waals surface area (Å²) < 4.78 is 8.54. The molecule has 0 bridgehead atoms. The Bertz CT molecular complexity index is 1760. The monoisotopic (exact) mass is 569 g/mol. The predicted molar refractivity (Wildman–Crippen MR) is 177 cm³/mol. The lowest BCUT2D eigenvalue weighted by Crippen LogP contribution is -2.22. The molecule has 1 aliphatic heterocycles. The number of carbonyl (C=O) groups is 1. The highest BCUT2D eigenvalue weighted by atomic mass is 32.2. The molecule has 0 amide bonds. The number of hydrogen-bond donors (Lipinski definition) is 0. The van der Waals surface area contributed by atoms with Crippen LogP contribution in [0.25, 0.3) is 33.4 Å². The number of aryl methyl sites for hydroxylation is 1. The van der Waals surface area contributed by atoms with E-state index in [9.17, 15) is 4.79 Å². The maximum Gasteiger partial charge on any atom is 0.124 e. The average molecular weight is 570 g/mol. The summed E-state index contributed by atoms with van der Waals surface area (Å²) in [6.45, 7) is 7.86. The van der Waals surface area contributed by atoms with Crippen LogP contribution < -0.4 is 9.04 Å². The Balaban J connectivity index is 1.48. The number of nitrogens with zero attached hydrogens (tertiary/aromatic N) is 1. The van der Waals surface area contributed by atoms with Crippen LogP contribution in [0.4, 0.5) is 5.69 Å². The van der Waals surface area contributed by atoms with E-state index in [0.29, 0.717) is 13.0 Å². The van der Waals surface area contributed by atoms with Gasteiger partial charge in [0, 0.05) is 18.2 Å². The summed E-state index contributed by atoms with van der Waals surface area (Å²) in [5.41, 5.74) is 15.5. The van der Waals surface area contributed by atoms with Crippen molar-refractivity contribution in [3.8, 4) is 39.1 Å². The average Bonchev–Trinajstić information content (AvgIpc) is 3.03. The van der Waals surface area contributed by atoms with Gasteiger partial charge in [-0.3, -0.25) is 0 Å². The van der Waals surface area contributed by atoms with Crippen molar-refractivity contribution in [1.29, 1.82) is 0 Å². The third kappa shape index (κ3) is 5.23. The summed E-state index contributed by atoms with van der Waals surface area (Å²) >= 11 is 1.74. The summed E-state index contributed by atoms with van der Waals surface area (Å²) in [5.74, 6) is 0.857. The maximum absolute atomic E-state index is 11.9.